The standard InChI is InChI=1S/C15H25NO3S/c1-12(2)15(3,4)11-16-20(18,19)10-14-7-5-13(9-17)6-8-14/h5-8,12,16-17H,9-11H2,1-4H3. The van der Waals surface area contributed by atoms with E-state index in [9.17, 15) is 8.42 Å². The van der Waals surface area contributed by atoms with E-state index in [1.807, 2.05) is 0 Å². The van der Waals surface area contributed by atoms with Crippen molar-refractivity contribution in [3.63, 3.8) is 0 Å². The second-order valence-corrected chi connectivity index (χ2v) is 8.00. The zero-order valence-electron chi connectivity index (χ0n) is 12.7. The molecule has 0 aliphatic rings. The molecule has 0 atom stereocenters. The van der Waals surface area contributed by atoms with Gasteiger partial charge in [0.1, 0.15) is 0 Å². The van der Waals surface area contributed by atoms with Crippen LogP contribution in [0.25, 0.3) is 0 Å². The molecule has 0 aliphatic carbocycles. The predicted molar refractivity (Wildman–Crippen MR) is 81.6 cm³/mol. The molecule has 5 heteroatoms. The fraction of sp³-hybridized carbons (Fsp3) is 0.600. The summed E-state index contributed by atoms with van der Waals surface area (Å²) in [5, 5.41) is 8.96. The van der Waals surface area contributed by atoms with Crippen molar-refractivity contribution >= 4 is 10.0 Å². The lowest BCUT2D eigenvalue weighted by Crippen LogP contribution is -2.37. The number of hydrogen-bond donors (Lipinski definition) is 2. The molecule has 114 valence electrons. The molecule has 0 fully saturated rings. The van der Waals surface area contributed by atoms with Gasteiger partial charge in [-0.1, -0.05) is 52.0 Å². The Morgan fingerprint density at radius 1 is 1.15 bits per heavy atom. The molecular formula is C15H25NO3S. The van der Waals surface area contributed by atoms with E-state index in [4.69, 9.17) is 5.11 Å². The molecule has 0 spiro atoms. The SMILES string of the molecule is CC(C)C(C)(C)CNS(=O)(=O)Cc1ccc(CO)cc1. The summed E-state index contributed by atoms with van der Waals surface area (Å²) in [6.07, 6.45) is 0. The van der Waals surface area contributed by atoms with Gasteiger partial charge in [0.15, 0.2) is 0 Å². The van der Waals surface area contributed by atoms with E-state index < -0.39 is 10.0 Å². The molecule has 0 unspecified atom stereocenters. The van der Waals surface area contributed by atoms with Crippen LogP contribution in [0.1, 0.15) is 38.8 Å². The highest BCUT2D eigenvalue weighted by molar-refractivity contribution is 7.88. The Labute approximate surface area is 122 Å². The fourth-order valence-electron chi connectivity index (χ4n) is 1.51. The minimum atomic E-state index is -3.33. The van der Waals surface area contributed by atoms with Gasteiger partial charge < -0.3 is 5.11 Å². The molecule has 0 bridgehead atoms. The van der Waals surface area contributed by atoms with Crippen molar-refractivity contribution in [3.05, 3.63) is 35.4 Å². The summed E-state index contributed by atoms with van der Waals surface area (Å²) in [4.78, 5) is 0. The Morgan fingerprint density at radius 2 is 1.65 bits per heavy atom. The zero-order chi connectivity index (χ0) is 15.4. The zero-order valence-corrected chi connectivity index (χ0v) is 13.5. The van der Waals surface area contributed by atoms with Crippen LogP contribution in [-0.4, -0.2) is 20.1 Å². The molecule has 0 radical (unpaired) electrons. The number of hydrogen-bond acceptors (Lipinski definition) is 3. The number of nitrogens with one attached hydrogen (secondary N) is 1. The van der Waals surface area contributed by atoms with Crippen LogP contribution in [0.4, 0.5) is 0 Å². The molecule has 0 aromatic heterocycles. The Morgan fingerprint density at radius 3 is 2.10 bits per heavy atom. The van der Waals surface area contributed by atoms with Crippen molar-refractivity contribution in [2.24, 2.45) is 11.3 Å². The summed E-state index contributed by atoms with van der Waals surface area (Å²) in [6.45, 7) is 8.67. The van der Waals surface area contributed by atoms with E-state index in [1.165, 1.54) is 0 Å². The van der Waals surface area contributed by atoms with Crippen LogP contribution in [0.15, 0.2) is 24.3 Å². The van der Waals surface area contributed by atoms with E-state index >= 15 is 0 Å². The van der Waals surface area contributed by atoms with E-state index in [0.29, 0.717) is 12.5 Å². The third-order valence-electron chi connectivity index (χ3n) is 3.87. The molecule has 0 aliphatic heterocycles. The molecule has 2 N–H and O–H groups in total. The van der Waals surface area contributed by atoms with Crippen LogP contribution in [-0.2, 0) is 22.4 Å². The third-order valence-corrected chi connectivity index (χ3v) is 5.17. The fourth-order valence-corrected chi connectivity index (χ4v) is 2.84. The number of aliphatic hydroxyl groups excluding tert-OH is 1. The third kappa shape index (κ3) is 5.23. The Hall–Kier alpha value is -0.910. The Bertz CT molecular complexity index is 519. The summed E-state index contributed by atoms with van der Waals surface area (Å²) >= 11 is 0. The van der Waals surface area contributed by atoms with Crippen LogP contribution in [0.2, 0.25) is 0 Å². The number of sulfonamides is 1. The second-order valence-electron chi connectivity index (χ2n) is 6.20. The van der Waals surface area contributed by atoms with Gasteiger partial charge in [0.05, 0.1) is 12.4 Å². The van der Waals surface area contributed by atoms with Crippen LogP contribution in [0, 0.1) is 11.3 Å². The predicted octanol–water partition coefficient (Wildman–Crippen LogP) is 2.28. The van der Waals surface area contributed by atoms with Crippen molar-refractivity contribution < 1.29 is 13.5 Å². The molecule has 4 nitrogen and oxygen atoms in total. The van der Waals surface area contributed by atoms with E-state index in [2.05, 4.69) is 32.4 Å². The first-order valence-electron chi connectivity index (χ1n) is 6.82. The van der Waals surface area contributed by atoms with E-state index in [-0.39, 0.29) is 17.8 Å². The van der Waals surface area contributed by atoms with E-state index in [0.717, 1.165) is 11.1 Å². The van der Waals surface area contributed by atoms with Gasteiger partial charge in [-0.25, -0.2) is 13.1 Å². The van der Waals surface area contributed by atoms with Gasteiger partial charge in [-0.15, -0.1) is 0 Å². The highest BCUT2D eigenvalue weighted by atomic mass is 32.2. The van der Waals surface area contributed by atoms with Crippen LogP contribution in [0.3, 0.4) is 0 Å². The van der Waals surface area contributed by atoms with Crippen LogP contribution < -0.4 is 4.72 Å². The number of aliphatic hydroxyl groups is 1. The molecule has 0 saturated heterocycles. The van der Waals surface area contributed by atoms with Gasteiger partial charge in [0.25, 0.3) is 0 Å². The Kier molecular flexibility index (Phi) is 5.74. The molecule has 1 aromatic carbocycles. The number of rotatable bonds is 7. The van der Waals surface area contributed by atoms with Crippen LogP contribution in [0.5, 0.6) is 0 Å². The first kappa shape index (κ1) is 17.1. The smallest absolute Gasteiger partial charge is 0.215 e. The molecule has 0 heterocycles. The summed E-state index contributed by atoms with van der Waals surface area (Å²) < 4.78 is 26.8. The average Bonchev–Trinajstić information content (AvgIpc) is 2.37. The van der Waals surface area contributed by atoms with Gasteiger partial charge in [0.2, 0.25) is 10.0 Å². The average molecular weight is 299 g/mol. The molecule has 1 aromatic rings. The quantitative estimate of drug-likeness (QED) is 0.811. The van der Waals surface area contributed by atoms with Crippen molar-refractivity contribution in [1.82, 2.24) is 4.72 Å². The van der Waals surface area contributed by atoms with E-state index in [1.54, 1.807) is 24.3 Å². The van der Waals surface area contributed by atoms with Gasteiger partial charge in [-0.2, -0.15) is 0 Å². The Balaban J connectivity index is 2.65. The topological polar surface area (TPSA) is 66.4 Å². The first-order valence-corrected chi connectivity index (χ1v) is 8.47. The highest BCUT2D eigenvalue weighted by Gasteiger charge is 2.24. The van der Waals surface area contributed by atoms with Crippen LogP contribution >= 0.6 is 0 Å². The lowest BCUT2D eigenvalue weighted by atomic mass is 9.81. The van der Waals surface area contributed by atoms with Crippen molar-refractivity contribution in [1.29, 1.82) is 0 Å². The molecule has 0 saturated carbocycles. The number of benzene rings is 1. The monoisotopic (exact) mass is 299 g/mol. The summed E-state index contributed by atoms with van der Waals surface area (Å²) in [7, 11) is -3.33. The normalized spacial score (nSPS) is 12.9. The maximum atomic E-state index is 12.1. The molecular weight excluding hydrogens is 274 g/mol. The molecule has 20 heavy (non-hydrogen) atoms. The van der Waals surface area contributed by atoms with Crippen molar-refractivity contribution in [2.75, 3.05) is 6.54 Å². The van der Waals surface area contributed by atoms with Gasteiger partial charge in [-0.3, -0.25) is 0 Å². The largest absolute Gasteiger partial charge is 0.392 e. The lowest BCUT2D eigenvalue weighted by Gasteiger charge is -2.29. The molecule has 1 rings (SSSR count). The van der Waals surface area contributed by atoms with Gasteiger partial charge in [0, 0.05) is 6.54 Å². The second kappa shape index (κ2) is 6.70. The van der Waals surface area contributed by atoms with Crippen molar-refractivity contribution in [2.45, 2.75) is 40.1 Å². The lowest BCUT2D eigenvalue weighted by molar-refractivity contribution is 0.252. The minimum Gasteiger partial charge on any atom is -0.392 e. The van der Waals surface area contributed by atoms with Gasteiger partial charge >= 0.3 is 0 Å². The van der Waals surface area contributed by atoms with Gasteiger partial charge in [-0.05, 0) is 22.5 Å². The maximum absolute atomic E-state index is 12.1. The summed E-state index contributed by atoms with van der Waals surface area (Å²) in [6, 6.07) is 6.95. The van der Waals surface area contributed by atoms with Crippen molar-refractivity contribution in [3.8, 4) is 0 Å². The minimum absolute atomic E-state index is 0.0339. The summed E-state index contributed by atoms with van der Waals surface area (Å²) in [5.41, 5.74) is 1.42. The maximum Gasteiger partial charge on any atom is 0.215 e. The first-order chi connectivity index (χ1) is 9.16. The summed E-state index contributed by atoms with van der Waals surface area (Å²) in [5.74, 6) is 0.362. The highest BCUT2D eigenvalue weighted by Crippen LogP contribution is 2.25. The molecule has 0 amide bonds.